The summed E-state index contributed by atoms with van der Waals surface area (Å²) in [5.74, 6) is -0.444. The molecule has 0 saturated carbocycles. The zero-order chi connectivity index (χ0) is 20.4. The van der Waals surface area contributed by atoms with Crippen LogP contribution in [0, 0.1) is 5.82 Å². The number of hydrogen-bond acceptors (Lipinski definition) is 5. The van der Waals surface area contributed by atoms with Crippen LogP contribution in [0.2, 0.25) is 5.02 Å². The maximum Gasteiger partial charge on any atom is 0.342 e. The molecule has 1 saturated heterocycles. The maximum atomic E-state index is 13.5. The Morgan fingerprint density at radius 2 is 2.00 bits per heavy atom. The first-order valence-electron chi connectivity index (χ1n) is 9.06. The normalized spacial score (nSPS) is 22.0. The molecule has 0 aliphatic carbocycles. The van der Waals surface area contributed by atoms with Crippen molar-refractivity contribution in [3.8, 4) is 5.75 Å². The van der Waals surface area contributed by atoms with Gasteiger partial charge in [0, 0.05) is 37.4 Å². The first-order valence-corrected chi connectivity index (χ1v) is 9.44. The van der Waals surface area contributed by atoms with E-state index in [9.17, 15) is 9.18 Å². The third-order valence-electron chi connectivity index (χ3n) is 5.09. The summed E-state index contributed by atoms with van der Waals surface area (Å²) < 4.78 is 20.9. The van der Waals surface area contributed by atoms with E-state index < -0.39 is 17.6 Å². The molecule has 1 aliphatic heterocycles. The van der Waals surface area contributed by atoms with E-state index in [1.165, 1.54) is 12.1 Å². The van der Waals surface area contributed by atoms with E-state index in [1.807, 2.05) is 10.8 Å². The van der Waals surface area contributed by atoms with Gasteiger partial charge >= 0.3 is 5.97 Å². The number of halogens is 2. The molecule has 1 fully saturated rings. The summed E-state index contributed by atoms with van der Waals surface area (Å²) in [7, 11) is 1.76. The second kappa shape index (κ2) is 7.94. The molecule has 0 amide bonds. The Morgan fingerprint density at radius 3 is 2.66 bits per heavy atom. The van der Waals surface area contributed by atoms with Crippen LogP contribution in [0.25, 0.3) is 0 Å². The molecule has 150 valence electrons. The molecular formula is C21H19ClFN3O3. The van der Waals surface area contributed by atoms with Gasteiger partial charge in [-0.15, -0.1) is 0 Å². The smallest absolute Gasteiger partial charge is 0.342 e. The number of carbonyl (C=O) groups excluding carboxylic acids is 1. The lowest BCUT2D eigenvalue weighted by molar-refractivity contribution is -0.188. The van der Waals surface area contributed by atoms with Crippen LogP contribution >= 0.6 is 11.6 Å². The number of likely N-dealkylation sites (N-methyl/N-ethyl adjacent to an activating group) is 1. The number of nitrogens with zero attached hydrogens (tertiary/aromatic N) is 3. The van der Waals surface area contributed by atoms with Crippen molar-refractivity contribution in [3.05, 3.63) is 83.7 Å². The highest BCUT2D eigenvalue weighted by Gasteiger charge is 2.50. The number of benzene rings is 2. The number of aromatic nitrogens is 2. The zero-order valence-electron chi connectivity index (χ0n) is 15.7. The Bertz CT molecular complexity index is 979. The van der Waals surface area contributed by atoms with Crippen molar-refractivity contribution in [3.63, 3.8) is 0 Å². The second-order valence-electron chi connectivity index (χ2n) is 6.94. The molecule has 3 aromatic rings. The number of carbonyl (C=O) groups is 1. The Balaban J connectivity index is 1.60. The van der Waals surface area contributed by atoms with Crippen molar-refractivity contribution in [1.82, 2.24) is 14.6 Å². The van der Waals surface area contributed by atoms with Gasteiger partial charge in [-0.3, -0.25) is 4.84 Å². The topological polar surface area (TPSA) is 56.6 Å². The van der Waals surface area contributed by atoms with Crippen LogP contribution in [0.15, 0.2) is 67.3 Å². The van der Waals surface area contributed by atoms with Crippen molar-refractivity contribution >= 4 is 17.6 Å². The van der Waals surface area contributed by atoms with Crippen LogP contribution in [0.4, 0.5) is 4.39 Å². The standard InChI is InChI=1S/C21H19ClFN3O3/c1-25-21(13-26-11-10-24-14-26,15-2-6-17(23)7-3-15)12-19(29-25)20(27)28-18-8-4-16(22)5-9-18/h2-11,14,19H,12-13H2,1H3. The number of hydrogen-bond donors (Lipinski definition) is 0. The van der Waals surface area contributed by atoms with E-state index >= 15 is 0 Å². The third-order valence-corrected chi connectivity index (χ3v) is 5.34. The Morgan fingerprint density at radius 1 is 1.28 bits per heavy atom. The summed E-state index contributed by atoms with van der Waals surface area (Å²) in [6, 6.07) is 12.8. The molecule has 0 bridgehead atoms. The van der Waals surface area contributed by atoms with Crippen LogP contribution in [-0.4, -0.2) is 33.7 Å². The van der Waals surface area contributed by atoms with Gasteiger partial charge in [-0.25, -0.2) is 14.2 Å². The van der Waals surface area contributed by atoms with Crippen LogP contribution in [0.3, 0.4) is 0 Å². The molecule has 2 atom stereocenters. The summed E-state index contributed by atoms with van der Waals surface area (Å²) in [4.78, 5) is 22.7. The number of ether oxygens (including phenoxy) is 1. The van der Waals surface area contributed by atoms with Crippen molar-refractivity contribution in [2.45, 2.75) is 24.6 Å². The third kappa shape index (κ3) is 4.03. The summed E-state index contributed by atoms with van der Waals surface area (Å²) >= 11 is 5.87. The highest BCUT2D eigenvalue weighted by Crippen LogP contribution is 2.41. The number of rotatable bonds is 5. The molecule has 6 nitrogen and oxygen atoms in total. The van der Waals surface area contributed by atoms with Gasteiger partial charge in [0.25, 0.3) is 0 Å². The summed E-state index contributed by atoms with van der Waals surface area (Å²) in [6.45, 7) is 0.472. The minimum atomic E-state index is -0.816. The molecule has 0 N–H and O–H groups in total. The zero-order valence-corrected chi connectivity index (χ0v) is 16.4. The molecule has 2 heterocycles. The van der Waals surface area contributed by atoms with Crippen LogP contribution in [-0.2, 0) is 21.7 Å². The minimum Gasteiger partial charge on any atom is -0.425 e. The molecular weight excluding hydrogens is 397 g/mol. The van der Waals surface area contributed by atoms with Crippen molar-refractivity contribution in [2.75, 3.05) is 7.05 Å². The summed E-state index contributed by atoms with van der Waals surface area (Å²) in [6.07, 6.45) is 4.72. The number of hydroxylamine groups is 2. The predicted molar refractivity (Wildman–Crippen MR) is 105 cm³/mol. The predicted octanol–water partition coefficient (Wildman–Crippen LogP) is 3.81. The van der Waals surface area contributed by atoms with Gasteiger partial charge in [0.15, 0.2) is 6.10 Å². The van der Waals surface area contributed by atoms with Gasteiger partial charge in [-0.2, -0.15) is 5.06 Å². The van der Waals surface area contributed by atoms with E-state index in [0.29, 0.717) is 23.7 Å². The van der Waals surface area contributed by atoms with E-state index in [-0.39, 0.29) is 5.82 Å². The van der Waals surface area contributed by atoms with Crippen molar-refractivity contribution in [1.29, 1.82) is 0 Å². The van der Waals surface area contributed by atoms with E-state index in [4.69, 9.17) is 21.2 Å². The van der Waals surface area contributed by atoms with Crippen LogP contribution in [0.5, 0.6) is 5.75 Å². The molecule has 1 aliphatic rings. The van der Waals surface area contributed by atoms with Crippen LogP contribution < -0.4 is 4.74 Å². The van der Waals surface area contributed by atoms with E-state index in [0.717, 1.165) is 5.56 Å². The SMILES string of the molecule is CN1OC(C(=O)Oc2ccc(Cl)cc2)CC1(Cn1ccnc1)c1ccc(F)cc1. The minimum absolute atomic E-state index is 0.327. The molecule has 4 rings (SSSR count). The fraction of sp³-hybridized carbons (Fsp3) is 0.238. The first-order chi connectivity index (χ1) is 14.0. The fourth-order valence-corrected chi connectivity index (χ4v) is 3.70. The molecule has 8 heteroatoms. The Labute approximate surface area is 172 Å². The first kappa shape index (κ1) is 19.6. The number of esters is 1. The van der Waals surface area contributed by atoms with Crippen molar-refractivity contribution in [2.24, 2.45) is 0 Å². The van der Waals surface area contributed by atoms with E-state index in [2.05, 4.69) is 4.98 Å². The Kier molecular flexibility index (Phi) is 5.36. The van der Waals surface area contributed by atoms with Crippen LogP contribution in [0.1, 0.15) is 12.0 Å². The molecule has 1 aromatic heterocycles. The number of imidazole rings is 1. The summed E-state index contributed by atoms with van der Waals surface area (Å²) in [5, 5.41) is 2.20. The highest BCUT2D eigenvalue weighted by atomic mass is 35.5. The second-order valence-corrected chi connectivity index (χ2v) is 7.38. The molecule has 0 spiro atoms. The quantitative estimate of drug-likeness (QED) is 0.468. The lowest BCUT2D eigenvalue weighted by atomic mass is 9.85. The monoisotopic (exact) mass is 415 g/mol. The largest absolute Gasteiger partial charge is 0.425 e. The molecule has 29 heavy (non-hydrogen) atoms. The van der Waals surface area contributed by atoms with E-state index in [1.54, 1.807) is 61.0 Å². The maximum absolute atomic E-state index is 13.5. The molecule has 0 radical (unpaired) electrons. The van der Waals surface area contributed by atoms with Gasteiger partial charge in [-0.1, -0.05) is 23.7 Å². The highest BCUT2D eigenvalue weighted by molar-refractivity contribution is 6.30. The molecule has 2 aromatic carbocycles. The average molecular weight is 416 g/mol. The summed E-state index contributed by atoms with van der Waals surface area (Å²) in [5.41, 5.74) is 0.134. The van der Waals surface area contributed by atoms with Gasteiger partial charge in [-0.05, 0) is 42.0 Å². The lowest BCUT2D eigenvalue weighted by Gasteiger charge is -2.34. The van der Waals surface area contributed by atoms with Gasteiger partial charge in [0.05, 0.1) is 11.9 Å². The van der Waals surface area contributed by atoms with Gasteiger partial charge in [0.2, 0.25) is 0 Å². The lowest BCUT2D eigenvalue weighted by Crippen LogP contribution is -2.41. The fourth-order valence-electron chi connectivity index (χ4n) is 3.57. The Hall–Kier alpha value is -2.74. The van der Waals surface area contributed by atoms with Gasteiger partial charge in [0.1, 0.15) is 11.6 Å². The molecule has 2 unspecified atom stereocenters. The average Bonchev–Trinajstić information content (AvgIpc) is 3.33. The van der Waals surface area contributed by atoms with Gasteiger partial charge < -0.3 is 9.30 Å². The van der Waals surface area contributed by atoms with Crippen molar-refractivity contribution < 1.29 is 18.8 Å².